The average molecular weight is 251 g/mol. The van der Waals surface area contributed by atoms with Crippen LogP contribution in [0.4, 0.5) is 0 Å². The standard InChI is InChI=1S/C8H13NO4S2/c10-8(11)7-5-14-4-3-9(7)15(12,13)6-1-2-6/h6-7H,1-5H2,(H,10,11). The zero-order valence-electron chi connectivity index (χ0n) is 8.13. The summed E-state index contributed by atoms with van der Waals surface area (Å²) in [5, 5.41) is 8.64. The Morgan fingerprint density at radius 3 is 2.60 bits per heavy atom. The maximum Gasteiger partial charge on any atom is 0.322 e. The van der Waals surface area contributed by atoms with Gasteiger partial charge in [0.25, 0.3) is 0 Å². The molecule has 0 aromatic heterocycles. The summed E-state index contributed by atoms with van der Waals surface area (Å²) in [5.74, 6) is 0.0169. The van der Waals surface area contributed by atoms with Gasteiger partial charge in [-0.05, 0) is 12.8 Å². The maximum atomic E-state index is 11.9. The SMILES string of the molecule is O=C(O)C1CSCCN1S(=O)(=O)C1CC1. The minimum atomic E-state index is -3.34. The smallest absolute Gasteiger partial charge is 0.322 e. The highest BCUT2D eigenvalue weighted by atomic mass is 32.2. The van der Waals surface area contributed by atoms with Gasteiger partial charge < -0.3 is 5.11 Å². The fraction of sp³-hybridized carbons (Fsp3) is 0.875. The van der Waals surface area contributed by atoms with Gasteiger partial charge >= 0.3 is 5.97 Å². The lowest BCUT2D eigenvalue weighted by atomic mass is 10.3. The van der Waals surface area contributed by atoms with Crippen molar-refractivity contribution in [1.82, 2.24) is 4.31 Å². The lowest BCUT2D eigenvalue weighted by molar-refractivity contribution is -0.140. The highest BCUT2D eigenvalue weighted by molar-refractivity contribution is 7.99. The normalized spacial score (nSPS) is 28.9. The Balaban J connectivity index is 2.20. The van der Waals surface area contributed by atoms with Gasteiger partial charge in [0.1, 0.15) is 6.04 Å². The summed E-state index contributed by atoms with van der Waals surface area (Å²) in [6, 6.07) is -0.866. The maximum absolute atomic E-state index is 11.9. The summed E-state index contributed by atoms with van der Waals surface area (Å²) in [4.78, 5) is 10.9. The van der Waals surface area contributed by atoms with Crippen molar-refractivity contribution >= 4 is 27.8 Å². The highest BCUT2D eigenvalue weighted by Crippen LogP contribution is 2.33. The molecule has 0 spiro atoms. The van der Waals surface area contributed by atoms with Crippen molar-refractivity contribution in [2.75, 3.05) is 18.1 Å². The molecule has 0 aromatic rings. The van der Waals surface area contributed by atoms with Gasteiger partial charge in [-0.1, -0.05) is 0 Å². The Hall–Kier alpha value is -0.270. The third-order valence-corrected chi connectivity index (χ3v) is 6.06. The molecule has 1 aliphatic heterocycles. The largest absolute Gasteiger partial charge is 0.480 e. The lowest BCUT2D eigenvalue weighted by Gasteiger charge is -2.31. The monoisotopic (exact) mass is 251 g/mol. The summed E-state index contributed by atoms with van der Waals surface area (Å²) in [5.41, 5.74) is 0. The molecule has 1 heterocycles. The molecular weight excluding hydrogens is 238 g/mol. The highest BCUT2D eigenvalue weighted by Gasteiger charge is 2.45. The van der Waals surface area contributed by atoms with E-state index in [1.807, 2.05) is 0 Å². The van der Waals surface area contributed by atoms with Gasteiger partial charge in [0, 0.05) is 18.1 Å². The number of sulfonamides is 1. The summed E-state index contributed by atoms with van der Waals surface area (Å²) < 4.78 is 25.0. The fourth-order valence-electron chi connectivity index (χ4n) is 1.64. The Kier molecular flexibility index (Phi) is 2.96. The van der Waals surface area contributed by atoms with E-state index < -0.39 is 22.0 Å². The Labute approximate surface area is 92.9 Å². The van der Waals surface area contributed by atoms with Gasteiger partial charge in [0.15, 0.2) is 0 Å². The van der Waals surface area contributed by atoms with E-state index in [1.165, 1.54) is 16.1 Å². The first-order valence-electron chi connectivity index (χ1n) is 4.84. The number of thioether (sulfide) groups is 1. The number of carbonyl (C=O) groups is 1. The van der Waals surface area contributed by atoms with E-state index >= 15 is 0 Å². The predicted molar refractivity (Wildman–Crippen MR) is 57.4 cm³/mol. The molecule has 1 aliphatic carbocycles. The third-order valence-electron chi connectivity index (χ3n) is 2.64. The second-order valence-corrected chi connectivity index (χ2v) is 7.10. The van der Waals surface area contributed by atoms with Crippen LogP contribution in [-0.4, -0.2) is 53.1 Å². The van der Waals surface area contributed by atoms with Gasteiger partial charge in [-0.15, -0.1) is 0 Å². The van der Waals surface area contributed by atoms with E-state index in [1.54, 1.807) is 0 Å². The van der Waals surface area contributed by atoms with Gasteiger partial charge in [-0.3, -0.25) is 4.79 Å². The second-order valence-electron chi connectivity index (χ2n) is 3.78. The fourth-order valence-corrected chi connectivity index (χ4v) is 4.87. The summed E-state index contributed by atoms with van der Waals surface area (Å²) in [7, 11) is -3.34. The molecule has 15 heavy (non-hydrogen) atoms. The van der Waals surface area contributed by atoms with E-state index in [0.29, 0.717) is 30.9 Å². The van der Waals surface area contributed by atoms with Crippen molar-refractivity contribution < 1.29 is 18.3 Å². The molecule has 86 valence electrons. The van der Waals surface area contributed by atoms with E-state index in [0.717, 1.165) is 0 Å². The van der Waals surface area contributed by atoms with Gasteiger partial charge in [0.05, 0.1) is 5.25 Å². The molecule has 1 atom stereocenters. The van der Waals surface area contributed by atoms with Gasteiger partial charge in [-0.2, -0.15) is 16.1 Å². The van der Waals surface area contributed by atoms with Crippen molar-refractivity contribution in [3.8, 4) is 0 Å². The van der Waals surface area contributed by atoms with Crippen LogP contribution in [0.1, 0.15) is 12.8 Å². The van der Waals surface area contributed by atoms with Crippen molar-refractivity contribution in [3.05, 3.63) is 0 Å². The zero-order valence-corrected chi connectivity index (χ0v) is 9.76. The second kappa shape index (κ2) is 3.95. The molecule has 1 unspecified atom stereocenters. The Morgan fingerprint density at radius 1 is 1.40 bits per heavy atom. The van der Waals surface area contributed by atoms with Crippen LogP contribution in [0.2, 0.25) is 0 Å². The van der Waals surface area contributed by atoms with Crippen LogP contribution in [-0.2, 0) is 14.8 Å². The minimum Gasteiger partial charge on any atom is -0.480 e. The number of nitrogens with zero attached hydrogens (tertiary/aromatic N) is 1. The number of rotatable bonds is 3. The van der Waals surface area contributed by atoms with Gasteiger partial charge in [-0.25, -0.2) is 8.42 Å². The molecule has 7 heteroatoms. The Morgan fingerprint density at radius 2 is 2.07 bits per heavy atom. The van der Waals surface area contributed by atoms with Crippen molar-refractivity contribution in [3.63, 3.8) is 0 Å². The van der Waals surface area contributed by atoms with Crippen LogP contribution < -0.4 is 0 Å². The molecular formula is C8H13NO4S2. The number of hydrogen-bond donors (Lipinski definition) is 1. The summed E-state index contributed by atoms with van der Waals surface area (Å²) in [6.07, 6.45) is 1.36. The van der Waals surface area contributed by atoms with Crippen LogP contribution in [0.25, 0.3) is 0 Å². The molecule has 1 N–H and O–H groups in total. The molecule has 0 amide bonds. The summed E-state index contributed by atoms with van der Waals surface area (Å²) >= 11 is 1.50. The molecule has 5 nitrogen and oxygen atoms in total. The lowest BCUT2D eigenvalue weighted by Crippen LogP contribution is -2.51. The molecule has 0 aromatic carbocycles. The Bertz CT molecular complexity index is 363. The molecule has 2 fully saturated rings. The van der Waals surface area contributed by atoms with Crippen molar-refractivity contribution in [2.24, 2.45) is 0 Å². The minimum absolute atomic E-state index is 0.317. The number of aliphatic carboxylic acids is 1. The zero-order chi connectivity index (χ0) is 11.1. The molecule has 1 saturated carbocycles. The molecule has 0 radical (unpaired) electrons. The molecule has 2 aliphatic rings. The van der Waals surface area contributed by atoms with E-state index in [-0.39, 0.29) is 5.25 Å². The quantitative estimate of drug-likeness (QED) is 0.763. The van der Waals surface area contributed by atoms with Crippen LogP contribution in [0, 0.1) is 0 Å². The average Bonchev–Trinajstić information content (AvgIpc) is 3.01. The van der Waals surface area contributed by atoms with Crippen molar-refractivity contribution in [1.29, 1.82) is 0 Å². The van der Waals surface area contributed by atoms with Crippen molar-refractivity contribution in [2.45, 2.75) is 24.1 Å². The number of carboxylic acid groups (broad SMARTS) is 1. The van der Waals surface area contributed by atoms with E-state index in [9.17, 15) is 13.2 Å². The van der Waals surface area contributed by atoms with Crippen LogP contribution in [0.5, 0.6) is 0 Å². The van der Waals surface area contributed by atoms with Crippen LogP contribution in [0.15, 0.2) is 0 Å². The third kappa shape index (κ3) is 2.14. The van der Waals surface area contributed by atoms with Crippen LogP contribution in [0.3, 0.4) is 0 Å². The summed E-state index contributed by atoms with van der Waals surface area (Å²) in [6.45, 7) is 0.334. The van der Waals surface area contributed by atoms with Crippen LogP contribution >= 0.6 is 11.8 Å². The molecule has 0 bridgehead atoms. The predicted octanol–water partition coefficient (Wildman–Crippen LogP) is -0.0194. The molecule has 2 rings (SSSR count). The van der Waals surface area contributed by atoms with Gasteiger partial charge in [0.2, 0.25) is 10.0 Å². The van der Waals surface area contributed by atoms with E-state index in [4.69, 9.17) is 5.11 Å². The topological polar surface area (TPSA) is 74.7 Å². The first-order chi connectivity index (χ1) is 7.03. The van der Waals surface area contributed by atoms with E-state index in [2.05, 4.69) is 0 Å². The number of hydrogen-bond acceptors (Lipinski definition) is 4. The number of carboxylic acids is 1. The molecule has 1 saturated heterocycles. The first kappa shape index (κ1) is 11.2. The first-order valence-corrected chi connectivity index (χ1v) is 7.50.